The number of hydrogen-bond acceptors (Lipinski definition) is 10. The number of anilines is 2. The lowest BCUT2D eigenvalue weighted by molar-refractivity contribution is -0.117. The van der Waals surface area contributed by atoms with Crippen molar-refractivity contribution >= 4 is 11.4 Å². The van der Waals surface area contributed by atoms with Gasteiger partial charge in [0.1, 0.15) is 42.2 Å². The highest BCUT2D eigenvalue weighted by molar-refractivity contribution is 5.54. The van der Waals surface area contributed by atoms with Crippen LogP contribution in [0.15, 0.2) is 93.8 Å². The fraction of sp³-hybridized carbons (Fsp3) is 0.378. The number of halogens is 2. The van der Waals surface area contributed by atoms with Gasteiger partial charge in [-0.15, -0.1) is 0 Å². The van der Waals surface area contributed by atoms with Gasteiger partial charge in [-0.2, -0.15) is 5.10 Å². The Hall–Kier alpha value is -5.61. The average molecular weight is 731 g/mol. The van der Waals surface area contributed by atoms with Crippen LogP contribution in [0, 0.1) is 11.6 Å². The molecule has 0 aliphatic carbocycles. The molecular formula is C37H40F2N8O6. The van der Waals surface area contributed by atoms with E-state index >= 15 is 0 Å². The van der Waals surface area contributed by atoms with E-state index in [2.05, 4.69) is 19.9 Å². The highest BCUT2D eigenvalue weighted by Crippen LogP contribution is 2.37. The Morgan fingerprint density at radius 3 is 2.08 bits per heavy atom. The van der Waals surface area contributed by atoms with Crippen molar-refractivity contribution in [2.45, 2.75) is 51.8 Å². The summed E-state index contributed by atoms with van der Waals surface area (Å²) in [6.07, 6.45) is 2.64. The van der Waals surface area contributed by atoms with E-state index in [1.165, 1.54) is 29.5 Å². The van der Waals surface area contributed by atoms with Crippen LogP contribution in [0.25, 0.3) is 5.69 Å². The first-order valence-electron chi connectivity index (χ1n) is 17.6. The van der Waals surface area contributed by atoms with Gasteiger partial charge in [0.05, 0.1) is 18.8 Å². The van der Waals surface area contributed by atoms with Crippen LogP contribution in [0.3, 0.4) is 0 Å². The minimum Gasteiger partial charge on any atom is -0.488 e. The monoisotopic (exact) mass is 730 g/mol. The van der Waals surface area contributed by atoms with Gasteiger partial charge in [0.2, 0.25) is 0 Å². The highest BCUT2D eigenvalue weighted by Gasteiger charge is 2.45. The summed E-state index contributed by atoms with van der Waals surface area (Å²) in [7, 11) is 0. The standard InChI is InChI=1S/C37H40F2N8O6/c1-3-15-46-34(48)45(4-2)35(49)47(36(46)50)29-8-6-27(7-9-29)42-16-18-43(19-17-42)28-10-12-30(13-11-28)51-21-33-52-23-37(53-33,22-44-25-40-24-41-44)31-14-5-26(38)20-32(31)39/h5-14,20,24-25,33H,3-4,15-19,21-23H2,1-2H3. The average Bonchev–Trinajstić information content (AvgIpc) is 3.84. The molecule has 3 aromatic carbocycles. The Kier molecular flexibility index (Phi) is 10.2. The van der Waals surface area contributed by atoms with Gasteiger partial charge >= 0.3 is 17.1 Å². The fourth-order valence-corrected chi connectivity index (χ4v) is 6.87. The van der Waals surface area contributed by atoms with E-state index in [1.807, 2.05) is 43.3 Å². The van der Waals surface area contributed by atoms with E-state index < -0.39 is 40.6 Å². The molecule has 2 saturated heterocycles. The van der Waals surface area contributed by atoms with Crippen LogP contribution in [0.5, 0.6) is 5.75 Å². The second-order valence-corrected chi connectivity index (χ2v) is 12.9. The zero-order valence-electron chi connectivity index (χ0n) is 29.4. The Balaban J connectivity index is 0.952. The van der Waals surface area contributed by atoms with E-state index in [4.69, 9.17) is 14.2 Å². The fourth-order valence-electron chi connectivity index (χ4n) is 6.87. The van der Waals surface area contributed by atoms with Crippen LogP contribution in [-0.4, -0.2) is 74.1 Å². The number of nitrogens with zero attached hydrogens (tertiary/aromatic N) is 8. The molecule has 2 fully saturated rings. The van der Waals surface area contributed by atoms with Gasteiger partial charge in [0, 0.05) is 62.3 Å². The van der Waals surface area contributed by atoms with Gasteiger partial charge in [0.25, 0.3) is 0 Å². The van der Waals surface area contributed by atoms with Gasteiger partial charge in [-0.05, 0) is 67.9 Å². The number of benzene rings is 3. The maximum atomic E-state index is 14.9. The summed E-state index contributed by atoms with van der Waals surface area (Å²) in [5.74, 6) is -0.820. The molecule has 0 bridgehead atoms. The summed E-state index contributed by atoms with van der Waals surface area (Å²) >= 11 is 0. The molecule has 2 unspecified atom stereocenters. The molecule has 0 amide bonds. The van der Waals surface area contributed by atoms with Crippen molar-refractivity contribution in [2.75, 3.05) is 49.2 Å². The van der Waals surface area contributed by atoms with Crippen molar-refractivity contribution in [3.63, 3.8) is 0 Å². The first-order chi connectivity index (χ1) is 25.7. The number of hydrogen-bond donors (Lipinski definition) is 0. The van der Waals surface area contributed by atoms with Crippen molar-refractivity contribution in [3.05, 3.63) is 128 Å². The lowest BCUT2D eigenvalue weighted by Gasteiger charge is -2.37. The van der Waals surface area contributed by atoms with E-state index in [0.717, 1.165) is 57.3 Å². The van der Waals surface area contributed by atoms with Crippen LogP contribution in [0.4, 0.5) is 20.2 Å². The maximum absolute atomic E-state index is 14.9. The van der Waals surface area contributed by atoms with Crippen LogP contribution < -0.4 is 31.6 Å². The molecule has 16 heteroatoms. The minimum absolute atomic E-state index is 0.00788. The third-order valence-electron chi connectivity index (χ3n) is 9.58. The molecule has 5 aromatic rings. The van der Waals surface area contributed by atoms with E-state index in [9.17, 15) is 23.2 Å². The molecule has 0 N–H and O–H groups in total. The summed E-state index contributed by atoms with van der Waals surface area (Å²) in [6.45, 7) is 7.18. The maximum Gasteiger partial charge on any atom is 0.340 e. The van der Waals surface area contributed by atoms with E-state index in [0.29, 0.717) is 17.9 Å². The molecule has 7 rings (SSSR count). The molecule has 0 saturated carbocycles. The lowest BCUT2D eigenvalue weighted by Crippen LogP contribution is -2.53. The van der Waals surface area contributed by atoms with Gasteiger partial charge < -0.3 is 24.0 Å². The zero-order chi connectivity index (χ0) is 37.1. The second-order valence-electron chi connectivity index (χ2n) is 12.9. The van der Waals surface area contributed by atoms with Crippen molar-refractivity contribution in [1.29, 1.82) is 0 Å². The summed E-state index contributed by atoms with van der Waals surface area (Å²) in [6, 6.07) is 18.3. The molecule has 53 heavy (non-hydrogen) atoms. The Bertz CT molecular complexity index is 2210. The molecule has 14 nitrogen and oxygen atoms in total. The third-order valence-corrected chi connectivity index (χ3v) is 9.58. The molecule has 2 aliphatic rings. The Morgan fingerprint density at radius 2 is 1.47 bits per heavy atom. The SMILES string of the molecule is CCCn1c(=O)n(CC)c(=O)n(-c2ccc(N3CCN(c4ccc(OCC5OCC(Cn6cncn6)(c6ccc(F)cc6F)O5)cc4)CC3)cc2)c1=O. The first-order valence-corrected chi connectivity index (χ1v) is 17.6. The van der Waals surface area contributed by atoms with Gasteiger partial charge in [-0.25, -0.2) is 46.5 Å². The summed E-state index contributed by atoms with van der Waals surface area (Å²) in [4.78, 5) is 47.4. The van der Waals surface area contributed by atoms with E-state index in [1.54, 1.807) is 19.1 Å². The van der Waals surface area contributed by atoms with Crippen LogP contribution in [-0.2, 0) is 34.7 Å². The van der Waals surface area contributed by atoms with Gasteiger partial charge in [-0.3, -0.25) is 0 Å². The van der Waals surface area contributed by atoms with Crippen molar-refractivity contribution in [3.8, 4) is 11.4 Å². The number of piperazine rings is 1. The zero-order valence-corrected chi connectivity index (χ0v) is 29.4. The highest BCUT2D eigenvalue weighted by atomic mass is 19.1. The van der Waals surface area contributed by atoms with E-state index in [-0.39, 0.29) is 38.4 Å². The Morgan fingerprint density at radius 1 is 0.830 bits per heavy atom. The molecule has 4 heterocycles. The van der Waals surface area contributed by atoms with Crippen LogP contribution >= 0.6 is 0 Å². The van der Waals surface area contributed by atoms with Crippen LogP contribution in [0.2, 0.25) is 0 Å². The molecule has 2 atom stereocenters. The predicted octanol–water partition coefficient (Wildman–Crippen LogP) is 3.13. The van der Waals surface area contributed by atoms with Crippen molar-refractivity contribution in [2.24, 2.45) is 0 Å². The third kappa shape index (κ3) is 7.24. The molecule has 2 aliphatic heterocycles. The number of rotatable bonds is 12. The quantitative estimate of drug-likeness (QED) is 0.189. The molecule has 2 aromatic heterocycles. The first kappa shape index (κ1) is 35.8. The number of aromatic nitrogens is 6. The topological polar surface area (TPSA) is 131 Å². The normalized spacial score (nSPS) is 18.8. The largest absolute Gasteiger partial charge is 0.488 e. The molecule has 278 valence electrons. The predicted molar refractivity (Wildman–Crippen MR) is 192 cm³/mol. The number of ether oxygens (including phenoxy) is 3. The summed E-state index contributed by atoms with van der Waals surface area (Å²) in [5.41, 5.74) is -0.554. The smallest absolute Gasteiger partial charge is 0.340 e. The molecule has 0 spiro atoms. The summed E-state index contributed by atoms with van der Waals surface area (Å²) in [5, 5.41) is 4.12. The lowest BCUT2D eigenvalue weighted by atomic mass is 9.94. The van der Waals surface area contributed by atoms with Gasteiger partial charge in [-0.1, -0.05) is 13.0 Å². The van der Waals surface area contributed by atoms with Crippen molar-refractivity contribution in [1.82, 2.24) is 28.5 Å². The molecular weight excluding hydrogens is 690 g/mol. The van der Waals surface area contributed by atoms with Crippen LogP contribution in [0.1, 0.15) is 25.8 Å². The second kappa shape index (κ2) is 15.2. The minimum atomic E-state index is -1.26. The molecule has 0 radical (unpaired) electrons. The Labute approximate surface area is 303 Å². The van der Waals surface area contributed by atoms with Crippen molar-refractivity contribution < 1.29 is 23.0 Å². The van der Waals surface area contributed by atoms with Gasteiger partial charge in [0.15, 0.2) is 6.29 Å². The summed E-state index contributed by atoms with van der Waals surface area (Å²) < 4.78 is 51.5.